The second-order valence-electron chi connectivity index (χ2n) is 4.64. The fourth-order valence-electron chi connectivity index (χ4n) is 2.04. The molecule has 0 atom stereocenters. The molecule has 18 heavy (non-hydrogen) atoms. The Kier molecular flexibility index (Phi) is 3.28. The molecule has 1 aliphatic carbocycles. The lowest BCUT2D eigenvalue weighted by molar-refractivity contribution is 1.12. The Morgan fingerprint density at radius 1 is 1.00 bits per heavy atom. The Balaban J connectivity index is 1.85. The zero-order valence-electron chi connectivity index (χ0n) is 10.0. The van der Waals surface area contributed by atoms with Gasteiger partial charge in [-0.2, -0.15) is 0 Å². The number of benzene rings is 2. The van der Waals surface area contributed by atoms with Gasteiger partial charge in [-0.15, -0.1) is 0 Å². The van der Waals surface area contributed by atoms with Crippen molar-refractivity contribution in [2.24, 2.45) is 4.99 Å². The summed E-state index contributed by atoms with van der Waals surface area (Å²) in [7, 11) is 0. The van der Waals surface area contributed by atoms with E-state index in [1.165, 1.54) is 18.4 Å². The van der Waals surface area contributed by atoms with Crippen LogP contribution in [0.5, 0.6) is 0 Å². The van der Waals surface area contributed by atoms with E-state index in [2.05, 4.69) is 57.3 Å². The van der Waals surface area contributed by atoms with Crippen LogP contribution in [0.3, 0.4) is 0 Å². The third-order valence-corrected chi connectivity index (χ3v) is 3.71. The van der Waals surface area contributed by atoms with Crippen LogP contribution in [0.2, 0.25) is 0 Å². The minimum atomic E-state index is 0.739. The van der Waals surface area contributed by atoms with Gasteiger partial charge in [-0.1, -0.05) is 46.3 Å². The molecule has 0 aromatic heterocycles. The third-order valence-electron chi connectivity index (χ3n) is 3.18. The monoisotopic (exact) mass is 299 g/mol. The molecule has 0 heterocycles. The lowest BCUT2D eigenvalue weighted by Crippen LogP contribution is -1.83. The Labute approximate surface area is 116 Å². The number of aliphatic imine (C=N–C) groups is 1. The molecule has 2 aromatic rings. The van der Waals surface area contributed by atoms with Gasteiger partial charge < -0.3 is 0 Å². The normalized spacial score (nSPS) is 15.2. The van der Waals surface area contributed by atoms with Crippen molar-refractivity contribution >= 4 is 27.8 Å². The van der Waals surface area contributed by atoms with Gasteiger partial charge in [0.2, 0.25) is 0 Å². The first-order chi connectivity index (χ1) is 8.83. The maximum absolute atomic E-state index is 4.63. The number of hydrogen-bond acceptors (Lipinski definition) is 1. The fraction of sp³-hybridized carbons (Fsp3) is 0.188. The summed E-state index contributed by atoms with van der Waals surface area (Å²) < 4.78 is 1.10. The van der Waals surface area contributed by atoms with Crippen LogP contribution in [0, 0.1) is 0 Å². The van der Waals surface area contributed by atoms with Crippen molar-refractivity contribution in [1.82, 2.24) is 0 Å². The molecule has 0 aliphatic heterocycles. The van der Waals surface area contributed by atoms with Gasteiger partial charge in [0.15, 0.2) is 0 Å². The van der Waals surface area contributed by atoms with Crippen LogP contribution in [-0.2, 0) is 0 Å². The first-order valence-corrected chi connectivity index (χ1v) is 7.01. The highest BCUT2D eigenvalue weighted by Crippen LogP contribution is 2.44. The Morgan fingerprint density at radius 2 is 1.72 bits per heavy atom. The van der Waals surface area contributed by atoms with Crippen molar-refractivity contribution in [2.45, 2.75) is 18.8 Å². The molecule has 0 N–H and O–H groups in total. The van der Waals surface area contributed by atoms with Crippen molar-refractivity contribution in [3.05, 3.63) is 64.1 Å². The molecule has 0 bridgehead atoms. The van der Waals surface area contributed by atoms with Gasteiger partial charge in [0.05, 0.1) is 5.69 Å². The van der Waals surface area contributed by atoms with E-state index in [1.807, 2.05) is 18.3 Å². The van der Waals surface area contributed by atoms with E-state index in [9.17, 15) is 0 Å². The zero-order chi connectivity index (χ0) is 12.4. The summed E-state index contributed by atoms with van der Waals surface area (Å²) in [5, 5.41) is 0. The lowest BCUT2D eigenvalue weighted by Gasteiger charge is -2.02. The summed E-state index contributed by atoms with van der Waals surface area (Å²) in [4.78, 5) is 4.63. The van der Waals surface area contributed by atoms with Crippen LogP contribution in [0.1, 0.15) is 29.9 Å². The molecule has 0 radical (unpaired) electrons. The SMILES string of the molecule is Brc1ccc(C=Nc2ccccc2C2CC2)cc1. The van der Waals surface area contributed by atoms with Gasteiger partial charge in [-0.3, -0.25) is 4.99 Å². The van der Waals surface area contributed by atoms with Gasteiger partial charge in [0, 0.05) is 10.7 Å². The van der Waals surface area contributed by atoms with E-state index in [0.29, 0.717) is 0 Å². The fourth-order valence-corrected chi connectivity index (χ4v) is 2.30. The van der Waals surface area contributed by atoms with E-state index < -0.39 is 0 Å². The van der Waals surface area contributed by atoms with Gasteiger partial charge in [-0.05, 0) is 48.1 Å². The molecule has 0 spiro atoms. The summed E-state index contributed by atoms with van der Waals surface area (Å²) in [5.74, 6) is 0.739. The van der Waals surface area contributed by atoms with Gasteiger partial charge in [-0.25, -0.2) is 0 Å². The summed E-state index contributed by atoms with van der Waals surface area (Å²) in [6, 6.07) is 16.7. The standard InChI is InChI=1S/C16H14BrN/c17-14-9-5-12(6-10-14)11-18-16-4-2-1-3-15(16)13-7-8-13/h1-6,9-11,13H,7-8H2. The molecule has 2 heteroatoms. The van der Waals surface area contributed by atoms with E-state index in [4.69, 9.17) is 0 Å². The second kappa shape index (κ2) is 5.07. The highest BCUT2D eigenvalue weighted by molar-refractivity contribution is 9.10. The van der Waals surface area contributed by atoms with E-state index in [0.717, 1.165) is 21.6 Å². The largest absolute Gasteiger partial charge is 0.256 e. The van der Waals surface area contributed by atoms with Crippen LogP contribution in [0.15, 0.2) is 58.0 Å². The number of para-hydroxylation sites is 1. The van der Waals surface area contributed by atoms with Crippen LogP contribution in [-0.4, -0.2) is 6.21 Å². The van der Waals surface area contributed by atoms with Crippen LogP contribution in [0.4, 0.5) is 5.69 Å². The molecule has 0 unspecified atom stereocenters. The van der Waals surface area contributed by atoms with Gasteiger partial charge >= 0.3 is 0 Å². The van der Waals surface area contributed by atoms with Crippen LogP contribution < -0.4 is 0 Å². The van der Waals surface area contributed by atoms with Crippen molar-refractivity contribution in [3.63, 3.8) is 0 Å². The number of rotatable bonds is 3. The predicted octanol–water partition coefficient (Wildman–Crippen LogP) is 5.08. The molecule has 1 fully saturated rings. The average Bonchev–Trinajstić information content (AvgIpc) is 3.23. The third kappa shape index (κ3) is 2.70. The highest BCUT2D eigenvalue weighted by Gasteiger charge is 2.25. The van der Waals surface area contributed by atoms with E-state index in [1.54, 1.807) is 0 Å². The van der Waals surface area contributed by atoms with Gasteiger partial charge in [0.1, 0.15) is 0 Å². The molecule has 0 amide bonds. The van der Waals surface area contributed by atoms with Gasteiger partial charge in [0.25, 0.3) is 0 Å². The molecular formula is C16H14BrN. The molecule has 3 rings (SSSR count). The molecule has 2 aromatic carbocycles. The number of halogens is 1. The maximum atomic E-state index is 4.63. The van der Waals surface area contributed by atoms with Crippen LogP contribution >= 0.6 is 15.9 Å². The lowest BCUT2D eigenvalue weighted by atomic mass is 10.1. The van der Waals surface area contributed by atoms with Crippen molar-refractivity contribution in [1.29, 1.82) is 0 Å². The quantitative estimate of drug-likeness (QED) is 0.701. The van der Waals surface area contributed by atoms with Crippen molar-refractivity contribution < 1.29 is 0 Å². The molecule has 90 valence electrons. The number of hydrogen-bond donors (Lipinski definition) is 0. The summed E-state index contributed by atoms with van der Waals surface area (Å²) >= 11 is 3.44. The zero-order valence-corrected chi connectivity index (χ0v) is 11.6. The first kappa shape index (κ1) is 11.7. The number of nitrogens with zero attached hydrogens (tertiary/aromatic N) is 1. The average molecular weight is 300 g/mol. The maximum Gasteiger partial charge on any atom is 0.0664 e. The Hall–Kier alpha value is -1.41. The minimum Gasteiger partial charge on any atom is -0.256 e. The summed E-state index contributed by atoms with van der Waals surface area (Å²) in [5.41, 5.74) is 3.64. The molecule has 1 saturated carbocycles. The first-order valence-electron chi connectivity index (χ1n) is 6.21. The van der Waals surface area contributed by atoms with E-state index >= 15 is 0 Å². The molecular weight excluding hydrogens is 286 g/mol. The Morgan fingerprint density at radius 3 is 2.44 bits per heavy atom. The van der Waals surface area contributed by atoms with Crippen LogP contribution in [0.25, 0.3) is 0 Å². The smallest absolute Gasteiger partial charge is 0.0664 e. The molecule has 0 saturated heterocycles. The van der Waals surface area contributed by atoms with E-state index in [-0.39, 0.29) is 0 Å². The minimum absolute atomic E-state index is 0.739. The summed E-state index contributed by atoms with van der Waals surface area (Å²) in [6.45, 7) is 0. The molecule has 1 nitrogen and oxygen atoms in total. The summed E-state index contributed by atoms with van der Waals surface area (Å²) in [6.07, 6.45) is 4.56. The molecule has 1 aliphatic rings. The van der Waals surface area contributed by atoms with Crippen molar-refractivity contribution in [3.8, 4) is 0 Å². The Bertz CT molecular complexity index is 568. The van der Waals surface area contributed by atoms with Crippen molar-refractivity contribution in [2.75, 3.05) is 0 Å². The topological polar surface area (TPSA) is 12.4 Å². The second-order valence-corrected chi connectivity index (χ2v) is 5.56. The highest BCUT2D eigenvalue weighted by atomic mass is 79.9. The predicted molar refractivity (Wildman–Crippen MR) is 79.8 cm³/mol.